The number of hydrogen-bond donors (Lipinski definition) is 2. The summed E-state index contributed by atoms with van der Waals surface area (Å²) >= 11 is 1.15. The molecule has 0 fully saturated rings. The SMILES string of the molecule is O=C(O)c1cccc(-c2csc(C(O)c3ccc(F)c(F)c3)n2)c1. The summed E-state index contributed by atoms with van der Waals surface area (Å²) in [6, 6.07) is 9.40. The summed E-state index contributed by atoms with van der Waals surface area (Å²) in [5.41, 5.74) is 1.41. The molecule has 1 heterocycles. The van der Waals surface area contributed by atoms with Gasteiger partial charge in [-0.3, -0.25) is 0 Å². The monoisotopic (exact) mass is 347 g/mol. The van der Waals surface area contributed by atoms with Crippen LogP contribution in [0.25, 0.3) is 11.3 Å². The summed E-state index contributed by atoms with van der Waals surface area (Å²) in [4.78, 5) is 15.3. The average molecular weight is 347 g/mol. The van der Waals surface area contributed by atoms with Gasteiger partial charge in [0.2, 0.25) is 0 Å². The number of aliphatic hydroxyl groups excluding tert-OH is 1. The summed E-state index contributed by atoms with van der Waals surface area (Å²) in [6.45, 7) is 0. The largest absolute Gasteiger partial charge is 0.478 e. The van der Waals surface area contributed by atoms with E-state index in [1.165, 1.54) is 18.2 Å². The van der Waals surface area contributed by atoms with Crippen LogP contribution >= 0.6 is 11.3 Å². The number of rotatable bonds is 4. The first kappa shape index (κ1) is 16.2. The fourth-order valence-electron chi connectivity index (χ4n) is 2.18. The van der Waals surface area contributed by atoms with E-state index in [9.17, 15) is 18.7 Å². The Balaban J connectivity index is 1.91. The van der Waals surface area contributed by atoms with Crippen molar-refractivity contribution in [3.63, 3.8) is 0 Å². The Labute approximate surface area is 139 Å². The number of hydrogen-bond acceptors (Lipinski definition) is 4. The maximum absolute atomic E-state index is 13.3. The number of aromatic carboxylic acids is 1. The van der Waals surface area contributed by atoms with E-state index in [1.54, 1.807) is 17.5 Å². The van der Waals surface area contributed by atoms with Crippen molar-refractivity contribution in [1.82, 2.24) is 4.98 Å². The molecule has 0 aliphatic carbocycles. The second-order valence-electron chi connectivity index (χ2n) is 5.03. The minimum atomic E-state index is -1.19. The molecule has 0 bridgehead atoms. The molecule has 0 aliphatic heterocycles. The zero-order valence-corrected chi connectivity index (χ0v) is 12.9. The number of halogens is 2. The molecule has 1 atom stereocenters. The third-order valence-electron chi connectivity index (χ3n) is 3.42. The normalized spacial score (nSPS) is 12.1. The van der Waals surface area contributed by atoms with E-state index >= 15 is 0 Å². The van der Waals surface area contributed by atoms with Crippen molar-refractivity contribution in [2.24, 2.45) is 0 Å². The molecule has 4 nitrogen and oxygen atoms in total. The number of carboxylic acids is 1. The lowest BCUT2D eigenvalue weighted by molar-refractivity contribution is 0.0697. The second kappa shape index (κ2) is 6.46. The fraction of sp³-hybridized carbons (Fsp3) is 0.0588. The number of thiazole rings is 1. The van der Waals surface area contributed by atoms with E-state index < -0.39 is 23.7 Å². The van der Waals surface area contributed by atoms with Crippen LogP contribution in [0.1, 0.15) is 27.0 Å². The molecule has 3 rings (SSSR count). The lowest BCUT2D eigenvalue weighted by Crippen LogP contribution is -2.01. The Bertz CT molecular complexity index is 910. The standard InChI is InChI=1S/C17H11F2NO3S/c18-12-5-4-10(7-13(12)19)15(21)16-20-14(8-24-16)9-2-1-3-11(6-9)17(22)23/h1-8,15,21H,(H,22,23). The predicted octanol–water partition coefficient (Wildman–Crippen LogP) is 3.87. The highest BCUT2D eigenvalue weighted by Gasteiger charge is 2.17. The third kappa shape index (κ3) is 3.17. The van der Waals surface area contributed by atoms with Crippen molar-refractivity contribution in [3.05, 3.63) is 75.6 Å². The van der Waals surface area contributed by atoms with E-state index in [1.807, 2.05) is 0 Å². The Morgan fingerprint density at radius 3 is 2.62 bits per heavy atom. The Morgan fingerprint density at radius 1 is 1.12 bits per heavy atom. The molecule has 2 aromatic carbocycles. The molecule has 2 N–H and O–H groups in total. The molecule has 0 aliphatic rings. The molecule has 24 heavy (non-hydrogen) atoms. The van der Waals surface area contributed by atoms with Crippen molar-refractivity contribution in [2.45, 2.75) is 6.10 Å². The van der Waals surface area contributed by atoms with Crippen LogP contribution in [0.3, 0.4) is 0 Å². The summed E-state index contributed by atoms with van der Waals surface area (Å²) in [7, 11) is 0. The number of carbonyl (C=O) groups is 1. The summed E-state index contributed by atoms with van der Waals surface area (Å²) in [5, 5.41) is 21.3. The van der Waals surface area contributed by atoms with Gasteiger partial charge in [0.15, 0.2) is 11.6 Å². The molecule has 1 unspecified atom stereocenters. The van der Waals surface area contributed by atoms with Gasteiger partial charge < -0.3 is 10.2 Å². The van der Waals surface area contributed by atoms with Crippen LogP contribution in [-0.2, 0) is 0 Å². The number of carboxylic acid groups (broad SMARTS) is 1. The van der Waals surface area contributed by atoms with Gasteiger partial charge in [0, 0.05) is 10.9 Å². The van der Waals surface area contributed by atoms with Gasteiger partial charge in [0.1, 0.15) is 11.1 Å². The quantitative estimate of drug-likeness (QED) is 0.752. The fourth-order valence-corrected chi connectivity index (χ4v) is 3.02. The first-order valence-corrected chi connectivity index (χ1v) is 7.76. The number of benzene rings is 2. The molecule has 7 heteroatoms. The molecule has 0 amide bonds. The van der Waals surface area contributed by atoms with E-state index in [-0.39, 0.29) is 11.1 Å². The maximum Gasteiger partial charge on any atom is 0.335 e. The van der Waals surface area contributed by atoms with Crippen LogP contribution in [0.15, 0.2) is 47.8 Å². The molecule has 0 saturated heterocycles. The summed E-state index contributed by atoms with van der Waals surface area (Å²) in [6.07, 6.45) is -1.19. The molecule has 122 valence electrons. The van der Waals surface area contributed by atoms with Crippen LogP contribution in [0.4, 0.5) is 8.78 Å². The second-order valence-corrected chi connectivity index (χ2v) is 5.92. The van der Waals surface area contributed by atoms with Gasteiger partial charge >= 0.3 is 5.97 Å². The highest BCUT2D eigenvalue weighted by Crippen LogP contribution is 2.30. The topological polar surface area (TPSA) is 70.4 Å². The van der Waals surface area contributed by atoms with Crippen molar-refractivity contribution < 1.29 is 23.8 Å². The van der Waals surface area contributed by atoms with Crippen LogP contribution in [-0.4, -0.2) is 21.2 Å². The Kier molecular flexibility index (Phi) is 4.37. The highest BCUT2D eigenvalue weighted by molar-refractivity contribution is 7.10. The average Bonchev–Trinajstić information content (AvgIpc) is 3.07. The molecule has 0 spiro atoms. The Morgan fingerprint density at radius 2 is 1.92 bits per heavy atom. The van der Waals surface area contributed by atoms with Crippen LogP contribution in [0, 0.1) is 11.6 Å². The summed E-state index contributed by atoms with van der Waals surface area (Å²) in [5.74, 6) is -3.08. The smallest absolute Gasteiger partial charge is 0.335 e. The van der Waals surface area contributed by atoms with Crippen LogP contribution in [0.2, 0.25) is 0 Å². The molecule has 0 saturated carbocycles. The van der Waals surface area contributed by atoms with Crippen LogP contribution < -0.4 is 0 Å². The predicted molar refractivity (Wildman–Crippen MR) is 84.9 cm³/mol. The molecule has 0 radical (unpaired) electrons. The minimum Gasteiger partial charge on any atom is -0.478 e. The Hall–Kier alpha value is -2.64. The van der Waals surface area contributed by atoms with Gasteiger partial charge in [-0.2, -0.15) is 0 Å². The van der Waals surface area contributed by atoms with Gasteiger partial charge in [0.05, 0.1) is 11.3 Å². The maximum atomic E-state index is 13.3. The van der Waals surface area contributed by atoms with E-state index in [4.69, 9.17) is 5.11 Å². The van der Waals surface area contributed by atoms with Gasteiger partial charge in [0.25, 0.3) is 0 Å². The molecular weight excluding hydrogens is 336 g/mol. The number of nitrogens with zero attached hydrogens (tertiary/aromatic N) is 1. The van der Waals surface area contributed by atoms with Gasteiger partial charge in [-0.05, 0) is 29.8 Å². The first-order valence-electron chi connectivity index (χ1n) is 6.88. The summed E-state index contributed by atoms with van der Waals surface area (Å²) < 4.78 is 26.3. The van der Waals surface area contributed by atoms with Crippen molar-refractivity contribution in [1.29, 1.82) is 0 Å². The lowest BCUT2D eigenvalue weighted by Gasteiger charge is -2.08. The van der Waals surface area contributed by atoms with Gasteiger partial charge in [-0.15, -0.1) is 11.3 Å². The third-order valence-corrected chi connectivity index (χ3v) is 4.32. The number of aliphatic hydroxyl groups is 1. The zero-order chi connectivity index (χ0) is 17.3. The lowest BCUT2D eigenvalue weighted by atomic mass is 10.1. The van der Waals surface area contributed by atoms with Gasteiger partial charge in [-0.1, -0.05) is 18.2 Å². The highest BCUT2D eigenvalue weighted by atomic mass is 32.1. The van der Waals surface area contributed by atoms with Crippen molar-refractivity contribution in [2.75, 3.05) is 0 Å². The van der Waals surface area contributed by atoms with Crippen LogP contribution in [0.5, 0.6) is 0 Å². The van der Waals surface area contributed by atoms with E-state index in [0.717, 1.165) is 23.5 Å². The van der Waals surface area contributed by atoms with Gasteiger partial charge in [-0.25, -0.2) is 18.6 Å². The van der Waals surface area contributed by atoms with E-state index in [2.05, 4.69) is 4.98 Å². The molecular formula is C17H11F2NO3S. The first-order chi connectivity index (χ1) is 11.5. The van der Waals surface area contributed by atoms with Crippen molar-refractivity contribution >= 4 is 17.3 Å². The number of aromatic nitrogens is 1. The molecule has 1 aromatic heterocycles. The molecule has 3 aromatic rings. The van der Waals surface area contributed by atoms with Crippen molar-refractivity contribution in [3.8, 4) is 11.3 Å². The zero-order valence-electron chi connectivity index (χ0n) is 12.1. The minimum absolute atomic E-state index is 0.128. The van der Waals surface area contributed by atoms with E-state index in [0.29, 0.717) is 16.3 Å².